The molecule has 0 amide bonds. The van der Waals surface area contributed by atoms with Gasteiger partial charge in [0.05, 0.1) is 5.56 Å². The minimum Gasteiger partial charge on any atom is -0.492 e. The summed E-state index contributed by atoms with van der Waals surface area (Å²) in [4.78, 5) is 0. The average Bonchev–Trinajstić information content (AvgIpc) is 2.87. The summed E-state index contributed by atoms with van der Waals surface area (Å²) < 4.78 is 42.8. The zero-order chi connectivity index (χ0) is 13.7. The quantitative estimate of drug-likeness (QED) is 0.827. The first kappa shape index (κ1) is 14.2. The molecule has 1 fully saturated rings. The molecule has 5 heteroatoms. The summed E-state index contributed by atoms with van der Waals surface area (Å²) in [6, 6.07) is 5.54. The van der Waals surface area contributed by atoms with E-state index in [2.05, 4.69) is 5.32 Å². The van der Waals surface area contributed by atoms with E-state index in [1.165, 1.54) is 31.7 Å². The molecule has 0 unspecified atom stereocenters. The lowest BCUT2D eigenvalue weighted by molar-refractivity contribution is -0.137. The fraction of sp³-hybridized carbons (Fsp3) is 0.571. The van der Waals surface area contributed by atoms with Gasteiger partial charge < -0.3 is 10.1 Å². The molecular weight excluding hydrogens is 255 g/mol. The third-order valence-corrected chi connectivity index (χ3v) is 3.32. The molecule has 1 aliphatic rings. The van der Waals surface area contributed by atoms with E-state index in [0.717, 1.165) is 12.1 Å². The number of hydrogen-bond acceptors (Lipinski definition) is 2. The molecule has 106 valence electrons. The van der Waals surface area contributed by atoms with E-state index in [1.807, 2.05) is 0 Å². The second-order valence-electron chi connectivity index (χ2n) is 4.81. The van der Waals surface area contributed by atoms with Crippen molar-refractivity contribution in [2.75, 3.05) is 13.2 Å². The van der Waals surface area contributed by atoms with Gasteiger partial charge >= 0.3 is 6.18 Å². The standard InChI is InChI=1S/C14H18F3NO/c15-14(16,17)11-4-3-7-13(10-11)19-9-8-18-12-5-1-2-6-12/h3-4,7,10,12,18H,1-2,5-6,8-9H2. The summed E-state index contributed by atoms with van der Waals surface area (Å²) in [5, 5.41) is 3.35. The summed E-state index contributed by atoms with van der Waals surface area (Å²) in [5.41, 5.74) is -0.672. The Bertz CT molecular complexity index is 400. The topological polar surface area (TPSA) is 21.3 Å². The number of rotatable bonds is 5. The molecule has 19 heavy (non-hydrogen) atoms. The van der Waals surface area contributed by atoms with Crippen molar-refractivity contribution in [2.24, 2.45) is 0 Å². The number of hydrogen-bond donors (Lipinski definition) is 1. The third kappa shape index (κ3) is 4.42. The Morgan fingerprint density at radius 2 is 1.95 bits per heavy atom. The zero-order valence-electron chi connectivity index (χ0n) is 10.7. The molecule has 0 aliphatic heterocycles. The van der Waals surface area contributed by atoms with E-state index >= 15 is 0 Å². The van der Waals surface area contributed by atoms with Crippen molar-refractivity contribution in [2.45, 2.75) is 37.9 Å². The predicted octanol–water partition coefficient (Wildman–Crippen LogP) is 3.62. The van der Waals surface area contributed by atoms with Gasteiger partial charge in [0.2, 0.25) is 0 Å². The molecule has 0 saturated heterocycles. The van der Waals surface area contributed by atoms with Crippen molar-refractivity contribution >= 4 is 0 Å². The van der Waals surface area contributed by atoms with Crippen LogP contribution in [0.2, 0.25) is 0 Å². The van der Waals surface area contributed by atoms with Crippen molar-refractivity contribution in [1.82, 2.24) is 5.32 Å². The monoisotopic (exact) mass is 273 g/mol. The van der Waals surface area contributed by atoms with E-state index in [1.54, 1.807) is 6.07 Å². The minimum atomic E-state index is -4.32. The first-order chi connectivity index (χ1) is 9.05. The van der Waals surface area contributed by atoms with Crippen LogP contribution in [-0.4, -0.2) is 19.2 Å². The van der Waals surface area contributed by atoms with Crippen LogP contribution in [-0.2, 0) is 6.18 Å². The Hall–Kier alpha value is -1.23. The van der Waals surface area contributed by atoms with Crippen molar-refractivity contribution in [1.29, 1.82) is 0 Å². The molecule has 1 aliphatic carbocycles. The molecule has 0 aromatic heterocycles. The zero-order valence-corrected chi connectivity index (χ0v) is 10.7. The molecule has 1 N–H and O–H groups in total. The molecule has 0 atom stereocenters. The van der Waals surface area contributed by atoms with E-state index in [0.29, 0.717) is 19.2 Å². The summed E-state index contributed by atoms with van der Waals surface area (Å²) in [6.07, 6.45) is 0.562. The Kier molecular flexibility index (Phi) is 4.69. The summed E-state index contributed by atoms with van der Waals surface area (Å²) >= 11 is 0. The molecule has 2 rings (SSSR count). The van der Waals surface area contributed by atoms with Crippen LogP contribution in [0.1, 0.15) is 31.2 Å². The number of ether oxygens (including phenoxy) is 1. The Labute approximate surface area is 111 Å². The van der Waals surface area contributed by atoms with Gasteiger partial charge in [-0.15, -0.1) is 0 Å². The molecule has 1 aromatic carbocycles. The van der Waals surface area contributed by atoms with Crippen LogP contribution in [0.25, 0.3) is 0 Å². The molecule has 1 aromatic rings. The van der Waals surface area contributed by atoms with Crippen LogP contribution >= 0.6 is 0 Å². The minimum absolute atomic E-state index is 0.267. The number of nitrogens with one attached hydrogen (secondary N) is 1. The molecule has 0 heterocycles. The van der Waals surface area contributed by atoms with Gasteiger partial charge in [-0.3, -0.25) is 0 Å². The van der Waals surface area contributed by atoms with E-state index < -0.39 is 11.7 Å². The van der Waals surface area contributed by atoms with Crippen LogP contribution in [0.15, 0.2) is 24.3 Å². The van der Waals surface area contributed by atoms with Gasteiger partial charge in [-0.2, -0.15) is 13.2 Å². The number of alkyl halides is 3. The second kappa shape index (κ2) is 6.28. The third-order valence-electron chi connectivity index (χ3n) is 3.32. The number of halogens is 3. The van der Waals surface area contributed by atoms with Crippen molar-refractivity contribution in [3.05, 3.63) is 29.8 Å². The van der Waals surface area contributed by atoms with Gasteiger partial charge in [-0.25, -0.2) is 0 Å². The van der Waals surface area contributed by atoms with Crippen molar-refractivity contribution < 1.29 is 17.9 Å². The van der Waals surface area contributed by atoms with Gasteiger partial charge in [-0.1, -0.05) is 18.9 Å². The normalized spacial score (nSPS) is 16.8. The summed E-state index contributed by atoms with van der Waals surface area (Å²) in [5.74, 6) is 0.267. The molecule has 0 bridgehead atoms. The average molecular weight is 273 g/mol. The smallest absolute Gasteiger partial charge is 0.416 e. The Morgan fingerprint density at radius 3 is 2.63 bits per heavy atom. The molecule has 0 spiro atoms. The van der Waals surface area contributed by atoms with Crippen LogP contribution < -0.4 is 10.1 Å². The van der Waals surface area contributed by atoms with Gasteiger partial charge in [0.15, 0.2) is 0 Å². The summed E-state index contributed by atoms with van der Waals surface area (Å²) in [7, 11) is 0. The van der Waals surface area contributed by atoms with E-state index in [-0.39, 0.29) is 5.75 Å². The maximum atomic E-state index is 12.5. The Balaban J connectivity index is 1.76. The highest BCUT2D eigenvalue weighted by Gasteiger charge is 2.30. The van der Waals surface area contributed by atoms with Crippen molar-refractivity contribution in [3.63, 3.8) is 0 Å². The first-order valence-electron chi connectivity index (χ1n) is 6.59. The highest BCUT2D eigenvalue weighted by molar-refractivity contribution is 5.30. The van der Waals surface area contributed by atoms with E-state index in [4.69, 9.17) is 4.74 Å². The van der Waals surface area contributed by atoms with Gasteiger partial charge in [0, 0.05) is 12.6 Å². The fourth-order valence-electron chi connectivity index (χ4n) is 2.32. The maximum absolute atomic E-state index is 12.5. The fourth-order valence-corrected chi connectivity index (χ4v) is 2.32. The summed E-state index contributed by atoms with van der Waals surface area (Å²) in [6.45, 7) is 1.05. The predicted molar refractivity (Wildman–Crippen MR) is 67.2 cm³/mol. The van der Waals surface area contributed by atoms with E-state index in [9.17, 15) is 13.2 Å². The van der Waals surface area contributed by atoms with Crippen LogP contribution in [0.4, 0.5) is 13.2 Å². The van der Waals surface area contributed by atoms with Crippen LogP contribution in [0.3, 0.4) is 0 Å². The van der Waals surface area contributed by atoms with Crippen LogP contribution in [0, 0.1) is 0 Å². The second-order valence-corrected chi connectivity index (χ2v) is 4.81. The molecular formula is C14H18F3NO. The molecule has 2 nitrogen and oxygen atoms in total. The molecule has 1 saturated carbocycles. The Morgan fingerprint density at radius 1 is 1.21 bits per heavy atom. The largest absolute Gasteiger partial charge is 0.492 e. The van der Waals surface area contributed by atoms with Gasteiger partial charge in [0.1, 0.15) is 12.4 Å². The highest BCUT2D eigenvalue weighted by Crippen LogP contribution is 2.31. The van der Waals surface area contributed by atoms with Crippen molar-refractivity contribution in [3.8, 4) is 5.75 Å². The highest BCUT2D eigenvalue weighted by atomic mass is 19.4. The maximum Gasteiger partial charge on any atom is 0.416 e. The van der Waals surface area contributed by atoms with Gasteiger partial charge in [-0.05, 0) is 31.0 Å². The SMILES string of the molecule is FC(F)(F)c1cccc(OCCNC2CCCC2)c1. The molecule has 0 radical (unpaired) electrons. The lowest BCUT2D eigenvalue weighted by atomic mass is 10.2. The number of benzene rings is 1. The lowest BCUT2D eigenvalue weighted by Crippen LogP contribution is -2.30. The van der Waals surface area contributed by atoms with Gasteiger partial charge in [0.25, 0.3) is 0 Å². The lowest BCUT2D eigenvalue weighted by Gasteiger charge is -2.13. The van der Waals surface area contributed by atoms with Crippen LogP contribution in [0.5, 0.6) is 5.75 Å². The first-order valence-corrected chi connectivity index (χ1v) is 6.59.